The maximum absolute atomic E-state index is 12.5. The first-order valence-electron chi connectivity index (χ1n) is 3.18. The topological polar surface area (TPSA) is 56.7 Å². The molecule has 0 fully saturated rings. The molecule has 1 rings (SSSR count). The number of aryl methyl sites for hydroxylation is 1. The van der Waals surface area contributed by atoms with Gasteiger partial charge in [0.15, 0.2) is 0 Å². The van der Waals surface area contributed by atoms with E-state index in [9.17, 15) is 17.6 Å². The van der Waals surface area contributed by atoms with Gasteiger partial charge in [0.05, 0.1) is 0 Å². The van der Waals surface area contributed by atoms with Gasteiger partial charge >= 0.3 is 12.3 Å². The van der Waals surface area contributed by atoms with Crippen LogP contribution in [0.25, 0.3) is 0 Å². The molecule has 0 spiro atoms. The van der Waals surface area contributed by atoms with Crippen LogP contribution in [0, 0.1) is 0 Å². The zero-order valence-corrected chi connectivity index (χ0v) is 6.51. The fourth-order valence-electron chi connectivity index (χ4n) is 0.635. The second kappa shape index (κ2) is 2.86. The highest BCUT2D eigenvalue weighted by atomic mass is 19.3. The summed E-state index contributed by atoms with van der Waals surface area (Å²) in [5.41, 5.74) is 5.05. The molecule has 0 aliphatic carbocycles. The Morgan fingerprint density at radius 1 is 1.46 bits per heavy atom. The Labute approximate surface area is 70.4 Å². The summed E-state index contributed by atoms with van der Waals surface area (Å²) >= 11 is 0. The second-order valence-electron chi connectivity index (χ2n) is 2.34. The van der Waals surface area contributed by atoms with Gasteiger partial charge in [0.1, 0.15) is 0 Å². The third kappa shape index (κ3) is 1.56. The summed E-state index contributed by atoms with van der Waals surface area (Å²) in [6.07, 6.45) is -3.84. The van der Waals surface area contributed by atoms with Crippen molar-refractivity contribution in [1.29, 1.82) is 0 Å². The van der Waals surface area contributed by atoms with Crippen LogP contribution >= 0.6 is 0 Å². The van der Waals surface area contributed by atoms with Gasteiger partial charge in [0, 0.05) is 7.05 Å². The van der Waals surface area contributed by atoms with Crippen LogP contribution in [0.4, 0.5) is 23.5 Å². The lowest BCUT2D eigenvalue weighted by atomic mass is 10.3. The molecule has 1 heterocycles. The van der Waals surface area contributed by atoms with Crippen LogP contribution in [0.2, 0.25) is 0 Å². The molecular formula is C5H6F4N4. The number of halogens is 4. The van der Waals surface area contributed by atoms with E-state index >= 15 is 0 Å². The minimum atomic E-state index is -4.35. The van der Waals surface area contributed by atoms with Crippen LogP contribution in [-0.4, -0.2) is 21.2 Å². The minimum Gasteiger partial charge on any atom is -0.368 e. The van der Waals surface area contributed by atoms with Crippen molar-refractivity contribution >= 4 is 5.95 Å². The van der Waals surface area contributed by atoms with E-state index in [2.05, 4.69) is 10.1 Å². The maximum Gasteiger partial charge on any atom is 0.367 e. The highest BCUT2D eigenvalue weighted by Crippen LogP contribution is 2.32. The van der Waals surface area contributed by atoms with Crippen LogP contribution in [0.3, 0.4) is 0 Å². The van der Waals surface area contributed by atoms with Gasteiger partial charge in [0.25, 0.3) is 0 Å². The normalized spacial score (nSPS) is 12.5. The Kier molecular flexibility index (Phi) is 2.14. The molecule has 0 bridgehead atoms. The van der Waals surface area contributed by atoms with E-state index in [0.29, 0.717) is 0 Å². The van der Waals surface area contributed by atoms with Crippen LogP contribution in [-0.2, 0) is 13.0 Å². The fourth-order valence-corrected chi connectivity index (χ4v) is 0.635. The molecule has 74 valence electrons. The van der Waals surface area contributed by atoms with E-state index in [1.807, 2.05) is 0 Å². The van der Waals surface area contributed by atoms with Gasteiger partial charge in [-0.25, -0.2) is 13.5 Å². The van der Waals surface area contributed by atoms with Crippen molar-refractivity contribution in [3.8, 4) is 0 Å². The van der Waals surface area contributed by atoms with E-state index in [0.717, 1.165) is 4.68 Å². The van der Waals surface area contributed by atoms with Gasteiger partial charge < -0.3 is 5.73 Å². The first-order chi connectivity index (χ1) is 5.85. The number of nitrogens with two attached hydrogens (primary N) is 1. The summed E-state index contributed by atoms with van der Waals surface area (Å²) in [5, 5.41) is 3.05. The van der Waals surface area contributed by atoms with E-state index in [1.165, 1.54) is 7.05 Å². The monoisotopic (exact) mass is 198 g/mol. The summed E-state index contributed by atoms with van der Waals surface area (Å²) in [6.45, 7) is 0. The molecule has 0 aromatic carbocycles. The molecule has 0 amide bonds. The molecule has 1 aromatic rings. The molecule has 2 N–H and O–H groups in total. The van der Waals surface area contributed by atoms with E-state index in [4.69, 9.17) is 5.73 Å². The second-order valence-corrected chi connectivity index (χ2v) is 2.34. The zero-order valence-electron chi connectivity index (χ0n) is 6.51. The molecule has 0 saturated carbocycles. The van der Waals surface area contributed by atoms with E-state index in [-0.39, 0.29) is 5.95 Å². The predicted octanol–water partition coefficient (Wildman–Crippen LogP) is 0.754. The summed E-state index contributed by atoms with van der Waals surface area (Å²) in [6, 6.07) is 0. The molecule has 8 heteroatoms. The van der Waals surface area contributed by atoms with Crippen molar-refractivity contribution in [2.45, 2.75) is 12.3 Å². The number of hydrogen-bond donors (Lipinski definition) is 1. The average molecular weight is 198 g/mol. The third-order valence-electron chi connectivity index (χ3n) is 1.37. The van der Waals surface area contributed by atoms with E-state index < -0.39 is 18.2 Å². The quantitative estimate of drug-likeness (QED) is 0.713. The maximum atomic E-state index is 12.5. The van der Waals surface area contributed by atoms with Gasteiger partial charge in [-0.15, -0.1) is 5.10 Å². The Balaban J connectivity index is 3.07. The highest BCUT2D eigenvalue weighted by Gasteiger charge is 2.47. The number of anilines is 1. The molecule has 0 aliphatic heterocycles. The largest absolute Gasteiger partial charge is 0.368 e. The summed E-state index contributed by atoms with van der Waals surface area (Å²) in [5.74, 6) is -5.95. The molecule has 13 heavy (non-hydrogen) atoms. The Morgan fingerprint density at radius 2 is 2.00 bits per heavy atom. The molecule has 0 aliphatic rings. The molecule has 4 nitrogen and oxygen atoms in total. The molecule has 0 atom stereocenters. The predicted molar refractivity (Wildman–Crippen MR) is 35.3 cm³/mol. The van der Waals surface area contributed by atoms with Crippen molar-refractivity contribution in [3.63, 3.8) is 0 Å². The third-order valence-corrected chi connectivity index (χ3v) is 1.37. The zero-order chi connectivity index (χ0) is 10.2. The summed E-state index contributed by atoms with van der Waals surface area (Å²) < 4.78 is 49.4. The molecule has 0 unspecified atom stereocenters. The summed E-state index contributed by atoms with van der Waals surface area (Å²) in [7, 11) is 1.23. The minimum absolute atomic E-state index is 0.338. The van der Waals surface area contributed by atoms with Gasteiger partial charge in [-0.05, 0) is 0 Å². The molecule has 0 saturated heterocycles. The van der Waals surface area contributed by atoms with Crippen LogP contribution in [0.5, 0.6) is 0 Å². The molecule has 0 radical (unpaired) electrons. The number of aromatic nitrogens is 3. The van der Waals surface area contributed by atoms with Crippen LogP contribution in [0.1, 0.15) is 5.82 Å². The fraction of sp³-hybridized carbons (Fsp3) is 0.600. The van der Waals surface area contributed by atoms with Gasteiger partial charge in [-0.1, -0.05) is 0 Å². The number of nitrogens with zero attached hydrogens (tertiary/aromatic N) is 3. The Bertz CT molecular complexity index is 288. The number of alkyl halides is 4. The van der Waals surface area contributed by atoms with Crippen LogP contribution < -0.4 is 5.73 Å². The van der Waals surface area contributed by atoms with E-state index in [1.54, 1.807) is 0 Å². The molecular weight excluding hydrogens is 192 g/mol. The lowest BCUT2D eigenvalue weighted by molar-refractivity contribution is -0.140. The first-order valence-corrected chi connectivity index (χ1v) is 3.18. The average Bonchev–Trinajstić information content (AvgIpc) is 2.32. The van der Waals surface area contributed by atoms with Gasteiger partial charge in [-0.2, -0.15) is 13.8 Å². The Morgan fingerprint density at radius 3 is 2.31 bits per heavy atom. The molecule has 1 aromatic heterocycles. The first kappa shape index (κ1) is 9.75. The van der Waals surface area contributed by atoms with Crippen molar-refractivity contribution in [2.24, 2.45) is 7.05 Å². The van der Waals surface area contributed by atoms with Crippen molar-refractivity contribution in [2.75, 3.05) is 5.73 Å². The van der Waals surface area contributed by atoms with Gasteiger partial charge in [0.2, 0.25) is 11.8 Å². The number of hydrogen-bond acceptors (Lipinski definition) is 3. The lowest BCUT2D eigenvalue weighted by Gasteiger charge is -2.09. The van der Waals surface area contributed by atoms with Crippen LogP contribution in [0.15, 0.2) is 0 Å². The lowest BCUT2D eigenvalue weighted by Crippen LogP contribution is -2.25. The Hall–Kier alpha value is -1.34. The van der Waals surface area contributed by atoms with Crippen molar-refractivity contribution in [3.05, 3.63) is 5.82 Å². The highest BCUT2D eigenvalue weighted by molar-refractivity contribution is 5.17. The summed E-state index contributed by atoms with van der Waals surface area (Å²) in [4.78, 5) is 3.00. The van der Waals surface area contributed by atoms with Gasteiger partial charge in [-0.3, -0.25) is 0 Å². The smallest absolute Gasteiger partial charge is 0.367 e. The van der Waals surface area contributed by atoms with Crippen molar-refractivity contribution < 1.29 is 17.6 Å². The SMILES string of the molecule is Cn1nc(C(F)(F)C(F)F)nc1N. The van der Waals surface area contributed by atoms with Crippen molar-refractivity contribution in [1.82, 2.24) is 14.8 Å². The standard InChI is InChI=1S/C5H6F4N4/c1-13-4(10)11-3(12-13)5(8,9)2(6)7/h2H,1H3,(H2,10,11,12). The number of nitrogen functional groups attached to an aromatic ring is 1. The number of rotatable bonds is 2.